The summed E-state index contributed by atoms with van der Waals surface area (Å²) in [6.07, 6.45) is 6.38. The predicted molar refractivity (Wildman–Crippen MR) is 52.9 cm³/mol. The van der Waals surface area contributed by atoms with Crippen LogP contribution in [0.5, 0.6) is 0 Å². The Morgan fingerprint density at radius 2 is 1.83 bits per heavy atom. The third-order valence-electron chi connectivity index (χ3n) is 2.38. The summed E-state index contributed by atoms with van der Waals surface area (Å²) >= 11 is 0. The van der Waals surface area contributed by atoms with Gasteiger partial charge in [0.05, 0.1) is 0 Å². The molecule has 0 aliphatic heterocycles. The van der Waals surface area contributed by atoms with E-state index in [1.165, 1.54) is 19.3 Å². The SMILES string of the molecule is CCCCC(CC)CCB(O)O. The highest BCUT2D eigenvalue weighted by Crippen LogP contribution is 2.18. The van der Waals surface area contributed by atoms with Crippen LogP contribution < -0.4 is 0 Å². The van der Waals surface area contributed by atoms with Crippen molar-refractivity contribution in [3.8, 4) is 0 Å². The molecule has 0 fully saturated rings. The van der Waals surface area contributed by atoms with Crippen LogP contribution in [0.2, 0.25) is 6.32 Å². The van der Waals surface area contributed by atoms with Crippen molar-refractivity contribution in [2.45, 2.75) is 52.3 Å². The topological polar surface area (TPSA) is 40.5 Å². The number of unbranched alkanes of at least 4 members (excludes halogenated alkanes) is 1. The third kappa shape index (κ3) is 6.68. The Labute approximate surface area is 76.1 Å². The molecule has 0 radical (unpaired) electrons. The number of rotatable bonds is 7. The number of hydrogen-bond donors (Lipinski definition) is 2. The first kappa shape index (κ1) is 12.0. The van der Waals surface area contributed by atoms with E-state index in [0.29, 0.717) is 12.2 Å². The molecular formula is C9H21BO2. The molecule has 12 heavy (non-hydrogen) atoms. The summed E-state index contributed by atoms with van der Waals surface area (Å²) < 4.78 is 0. The lowest BCUT2D eigenvalue weighted by atomic mass is 9.79. The Morgan fingerprint density at radius 1 is 1.17 bits per heavy atom. The Morgan fingerprint density at radius 3 is 2.25 bits per heavy atom. The first-order valence-corrected chi connectivity index (χ1v) is 5.06. The Hall–Kier alpha value is -0.0151. The first-order valence-electron chi connectivity index (χ1n) is 5.06. The average molecular weight is 172 g/mol. The summed E-state index contributed by atoms with van der Waals surface area (Å²) in [5.74, 6) is 0.687. The molecule has 0 saturated carbocycles. The van der Waals surface area contributed by atoms with Gasteiger partial charge >= 0.3 is 7.12 Å². The van der Waals surface area contributed by atoms with Gasteiger partial charge in [0.15, 0.2) is 0 Å². The lowest BCUT2D eigenvalue weighted by molar-refractivity contribution is 0.378. The van der Waals surface area contributed by atoms with E-state index in [1.807, 2.05) is 0 Å². The predicted octanol–water partition coefficient (Wildman–Crippen LogP) is 2.07. The largest absolute Gasteiger partial charge is 0.451 e. The van der Waals surface area contributed by atoms with Gasteiger partial charge < -0.3 is 10.0 Å². The number of hydrogen-bond acceptors (Lipinski definition) is 2. The standard InChI is InChI=1S/C9H21BO2/c1-3-5-6-9(4-2)7-8-10(11)12/h9,11-12H,3-8H2,1-2H3. The maximum Gasteiger partial charge on any atom is 0.451 e. The lowest BCUT2D eigenvalue weighted by Crippen LogP contribution is -2.12. The minimum absolute atomic E-state index is 0.530. The van der Waals surface area contributed by atoms with Gasteiger partial charge in [-0.1, -0.05) is 46.0 Å². The van der Waals surface area contributed by atoms with E-state index in [2.05, 4.69) is 13.8 Å². The highest BCUT2D eigenvalue weighted by atomic mass is 16.4. The first-order chi connectivity index (χ1) is 5.70. The van der Waals surface area contributed by atoms with Gasteiger partial charge in [0.1, 0.15) is 0 Å². The van der Waals surface area contributed by atoms with Crippen LogP contribution in [0.3, 0.4) is 0 Å². The van der Waals surface area contributed by atoms with Crippen LogP contribution in [0, 0.1) is 5.92 Å². The molecule has 0 aromatic rings. The summed E-state index contributed by atoms with van der Waals surface area (Å²) in [6.45, 7) is 4.36. The van der Waals surface area contributed by atoms with Crippen molar-refractivity contribution < 1.29 is 10.0 Å². The van der Waals surface area contributed by atoms with Crippen LogP contribution in [-0.4, -0.2) is 17.2 Å². The molecule has 0 aromatic heterocycles. The van der Waals surface area contributed by atoms with Crippen molar-refractivity contribution in [1.82, 2.24) is 0 Å². The Bertz CT molecular complexity index is 96.5. The van der Waals surface area contributed by atoms with E-state index in [0.717, 1.165) is 12.8 Å². The second-order valence-corrected chi connectivity index (χ2v) is 3.47. The van der Waals surface area contributed by atoms with E-state index in [9.17, 15) is 0 Å². The van der Waals surface area contributed by atoms with Gasteiger partial charge in [-0.05, 0) is 12.2 Å². The highest BCUT2D eigenvalue weighted by Gasteiger charge is 2.11. The van der Waals surface area contributed by atoms with E-state index in [-0.39, 0.29) is 0 Å². The molecule has 2 nitrogen and oxygen atoms in total. The van der Waals surface area contributed by atoms with E-state index in [1.54, 1.807) is 0 Å². The van der Waals surface area contributed by atoms with Gasteiger partial charge in [0.25, 0.3) is 0 Å². The molecule has 0 aromatic carbocycles. The molecule has 0 saturated heterocycles. The van der Waals surface area contributed by atoms with Crippen LogP contribution in [0.15, 0.2) is 0 Å². The fraction of sp³-hybridized carbons (Fsp3) is 1.00. The molecule has 0 bridgehead atoms. The monoisotopic (exact) mass is 172 g/mol. The van der Waals surface area contributed by atoms with Gasteiger partial charge in [-0.3, -0.25) is 0 Å². The quantitative estimate of drug-likeness (QED) is 0.577. The molecule has 1 atom stereocenters. The second-order valence-electron chi connectivity index (χ2n) is 3.47. The van der Waals surface area contributed by atoms with Crippen molar-refractivity contribution in [3.05, 3.63) is 0 Å². The van der Waals surface area contributed by atoms with Crippen LogP contribution in [0.4, 0.5) is 0 Å². The molecule has 72 valence electrons. The molecular weight excluding hydrogens is 151 g/mol. The van der Waals surface area contributed by atoms with E-state index < -0.39 is 7.12 Å². The molecule has 0 heterocycles. The molecule has 1 unspecified atom stereocenters. The van der Waals surface area contributed by atoms with Crippen LogP contribution in [-0.2, 0) is 0 Å². The Kier molecular flexibility index (Phi) is 7.62. The maximum atomic E-state index is 8.68. The molecule has 0 rings (SSSR count). The van der Waals surface area contributed by atoms with Gasteiger partial charge in [-0.25, -0.2) is 0 Å². The zero-order valence-electron chi connectivity index (χ0n) is 8.29. The van der Waals surface area contributed by atoms with Crippen molar-refractivity contribution in [2.24, 2.45) is 5.92 Å². The van der Waals surface area contributed by atoms with E-state index >= 15 is 0 Å². The molecule has 3 heteroatoms. The summed E-state index contributed by atoms with van der Waals surface area (Å²) in [6, 6.07) is 0. The van der Waals surface area contributed by atoms with Crippen LogP contribution >= 0.6 is 0 Å². The average Bonchev–Trinajstić information content (AvgIpc) is 2.05. The third-order valence-corrected chi connectivity index (χ3v) is 2.38. The zero-order valence-corrected chi connectivity index (χ0v) is 8.29. The van der Waals surface area contributed by atoms with Crippen molar-refractivity contribution >= 4 is 7.12 Å². The minimum Gasteiger partial charge on any atom is -0.427 e. The summed E-state index contributed by atoms with van der Waals surface area (Å²) in [5, 5.41) is 17.4. The smallest absolute Gasteiger partial charge is 0.427 e. The minimum atomic E-state index is -1.11. The molecule has 0 amide bonds. The zero-order chi connectivity index (χ0) is 9.40. The Balaban J connectivity index is 3.39. The fourth-order valence-electron chi connectivity index (χ4n) is 1.43. The van der Waals surface area contributed by atoms with Crippen molar-refractivity contribution in [3.63, 3.8) is 0 Å². The summed E-state index contributed by atoms with van der Waals surface area (Å²) in [7, 11) is -1.11. The van der Waals surface area contributed by atoms with Crippen LogP contribution in [0.25, 0.3) is 0 Å². The molecule has 0 aliphatic rings. The molecule has 0 aliphatic carbocycles. The van der Waals surface area contributed by atoms with Gasteiger partial charge in [-0.15, -0.1) is 0 Å². The van der Waals surface area contributed by atoms with Gasteiger partial charge in [-0.2, -0.15) is 0 Å². The fourth-order valence-corrected chi connectivity index (χ4v) is 1.43. The van der Waals surface area contributed by atoms with Crippen LogP contribution in [0.1, 0.15) is 46.0 Å². The summed E-state index contributed by atoms with van der Waals surface area (Å²) in [4.78, 5) is 0. The highest BCUT2D eigenvalue weighted by molar-refractivity contribution is 6.40. The normalized spacial score (nSPS) is 13.0. The molecule has 0 spiro atoms. The van der Waals surface area contributed by atoms with Crippen molar-refractivity contribution in [2.75, 3.05) is 0 Å². The maximum absolute atomic E-state index is 8.68. The van der Waals surface area contributed by atoms with E-state index in [4.69, 9.17) is 10.0 Å². The van der Waals surface area contributed by atoms with Gasteiger partial charge in [0, 0.05) is 0 Å². The van der Waals surface area contributed by atoms with Gasteiger partial charge in [0.2, 0.25) is 0 Å². The lowest BCUT2D eigenvalue weighted by Gasteiger charge is -2.13. The summed E-state index contributed by atoms with van der Waals surface area (Å²) in [5.41, 5.74) is 0. The second kappa shape index (κ2) is 7.62. The molecule has 2 N–H and O–H groups in total. The van der Waals surface area contributed by atoms with Crippen molar-refractivity contribution in [1.29, 1.82) is 0 Å².